The van der Waals surface area contributed by atoms with Crippen LogP contribution in [-0.2, 0) is 9.59 Å². The summed E-state index contributed by atoms with van der Waals surface area (Å²) >= 11 is 0. The Morgan fingerprint density at radius 2 is 1.81 bits per heavy atom. The van der Waals surface area contributed by atoms with Gasteiger partial charge >= 0.3 is 0 Å². The second-order valence-electron chi connectivity index (χ2n) is 7.17. The molecule has 0 spiro atoms. The summed E-state index contributed by atoms with van der Waals surface area (Å²) in [5.74, 6) is 0.777. The molecule has 26 heavy (non-hydrogen) atoms. The highest BCUT2D eigenvalue weighted by molar-refractivity contribution is 5.85. The van der Waals surface area contributed by atoms with Gasteiger partial charge < -0.3 is 21.1 Å². The third kappa shape index (κ3) is 7.62. The number of carbonyl (C=O) groups is 2. The molecule has 6 nitrogen and oxygen atoms in total. The molecule has 0 aliphatic heterocycles. The number of halogens is 1. The van der Waals surface area contributed by atoms with Crippen LogP contribution in [0.1, 0.15) is 51.6 Å². The molecule has 2 rings (SSSR count). The number of ether oxygens (including phenoxy) is 1. The molecule has 1 unspecified atom stereocenters. The maximum Gasteiger partial charge on any atom is 0.258 e. The van der Waals surface area contributed by atoms with Crippen molar-refractivity contribution in [1.82, 2.24) is 10.6 Å². The smallest absolute Gasteiger partial charge is 0.258 e. The van der Waals surface area contributed by atoms with Crippen LogP contribution in [0.3, 0.4) is 0 Å². The van der Waals surface area contributed by atoms with E-state index in [1.807, 2.05) is 32.9 Å². The topological polar surface area (TPSA) is 93.5 Å². The Kier molecular flexibility index (Phi) is 8.88. The van der Waals surface area contributed by atoms with Gasteiger partial charge in [-0.3, -0.25) is 9.59 Å². The van der Waals surface area contributed by atoms with Gasteiger partial charge in [-0.05, 0) is 49.8 Å². The summed E-state index contributed by atoms with van der Waals surface area (Å²) in [5.41, 5.74) is 6.86. The number of amides is 2. The summed E-state index contributed by atoms with van der Waals surface area (Å²) in [6, 6.07) is 7.07. The molecule has 1 aliphatic rings. The van der Waals surface area contributed by atoms with Gasteiger partial charge in [0.05, 0.1) is 12.1 Å². The molecule has 0 heterocycles. The number of nitrogens with two attached hydrogens (primary N) is 1. The van der Waals surface area contributed by atoms with E-state index in [9.17, 15) is 9.59 Å². The SMILES string of the molecule is CC(C)C[C@H](N)C(=O)NC(C)c1ccc(OCC(=O)NC2CC2)cc1.Cl. The molecule has 1 aromatic carbocycles. The van der Waals surface area contributed by atoms with Crippen molar-refractivity contribution in [3.63, 3.8) is 0 Å². The van der Waals surface area contributed by atoms with E-state index in [1.54, 1.807) is 12.1 Å². The van der Waals surface area contributed by atoms with Crippen molar-refractivity contribution in [2.45, 2.75) is 58.2 Å². The summed E-state index contributed by atoms with van der Waals surface area (Å²) < 4.78 is 5.47. The van der Waals surface area contributed by atoms with Gasteiger partial charge in [-0.25, -0.2) is 0 Å². The van der Waals surface area contributed by atoms with E-state index < -0.39 is 6.04 Å². The lowest BCUT2D eigenvalue weighted by Crippen LogP contribution is -2.42. The minimum atomic E-state index is -0.491. The van der Waals surface area contributed by atoms with Crippen LogP contribution in [0.15, 0.2) is 24.3 Å². The second-order valence-corrected chi connectivity index (χ2v) is 7.17. The van der Waals surface area contributed by atoms with E-state index in [4.69, 9.17) is 10.5 Å². The molecule has 1 aromatic rings. The van der Waals surface area contributed by atoms with E-state index in [2.05, 4.69) is 10.6 Å². The Morgan fingerprint density at radius 1 is 1.19 bits per heavy atom. The highest BCUT2D eigenvalue weighted by atomic mass is 35.5. The zero-order chi connectivity index (χ0) is 18.4. The van der Waals surface area contributed by atoms with Crippen molar-refractivity contribution in [2.24, 2.45) is 11.7 Å². The largest absolute Gasteiger partial charge is 0.484 e. The number of rotatable bonds is 9. The Balaban J connectivity index is 0.00000338. The molecule has 0 bridgehead atoms. The van der Waals surface area contributed by atoms with E-state index >= 15 is 0 Å². The van der Waals surface area contributed by atoms with Crippen LogP contribution in [0.5, 0.6) is 5.75 Å². The third-order valence-corrected chi connectivity index (χ3v) is 4.11. The Bertz CT molecular complexity index is 588. The summed E-state index contributed by atoms with van der Waals surface area (Å²) in [5, 5.41) is 5.81. The zero-order valence-corrected chi connectivity index (χ0v) is 16.5. The van der Waals surface area contributed by atoms with Gasteiger partial charge in [0.1, 0.15) is 5.75 Å². The van der Waals surface area contributed by atoms with Gasteiger partial charge in [0, 0.05) is 6.04 Å². The number of carbonyl (C=O) groups excluding carboxylic acids is 2. The van der Waals surface area contributed by atoms with Crippen LogP contribution in [0.4, 0.5) is 0 Å². The molecule has 1 saturated carbocycles. The number of hydrogen-bond acceptors (Lipinski definition) is 4. The van der Waals surface area contributed by atoms with Crippen LogP contribution in [0.2, 0.25) is 0 Å². The Morgan fingerprint density at radius 3 is 2.35 bits per heavy atom. The minimum Gasteiger partial charge on any atom is -0.484 e. The van der Waals surface area contributed by atoms with Gasteiger partial charge in [0.2, 0.25) is 5.91 Å². The van der Waals surface area contributed by atoms with Crippen molar-refractivity contribution in [2.75, 3.05) is 6.61 Å². The highest BCUT2D eigenvalue weighted by Crippen LogP contribution is 2.19. The molecule has 0 aromatic heterocycles. The molecular weight excluding hydrogens is 354 g/mol. The van der Waals surface area contributed by atoms with Crippen LogP contribution in [0.25, 0.3) is 0 Å². The van der Waals surface area contributed by atoms with Crippen molar-refractivity contribution >= 4 is 24.2 Å². The average molecular weight is 384 g/mol. The van der Waals surface area contributed by atoms with Crippen LogP contribution in [0, 0.1) is 5.92 Å². The zero-order valence-electron chi connectivity index (χ0n) is 15.7. The summed E-state index contributed by atoms with van der Waals surface area (Å²) in [6.07, 6.45) is 2.78. The maximum atomic E-state index is 12.1. The maximum absolute atomic E-state index is 12.1. The highest BCUT2D eigenvalue weighted by Gasteiger charge is 2.23. The first-order chi connectivity index (χ1) is 11.8. The van der Waals surface area contributed by atoms with Crippen molar-refractivity contribution in [3.8, 4) is 5.75 Å². The van der Waals surface area contributed by atoms with Gasteiger partial charge in [0.15, 0.2) is 6.61 Å². The fourth-order valence-electron chi connectivity index (χ4n) is 2.52. The molecular formula is C19H30ClN3O3. The van der Waals surface area contributed by atoms with Crippen molar-refractivity contribution in [3.05, 3.63) is 29.8 Å². The first-order valence-electron chi connectivity index (χ1n) is 8.93. The summed E-state index contributed by atoms with van der Waals surface area (Å²) in [6.45, 7) is 6.02. The quantitative estimate of drug-likeness (QED) is 0.610. The first kappa shape index (κ1) is 22.3. The number of hydrogen-bond donors (Lipinski definition) is 3. The van der Waals surface area contributed by atoms with Crippen LogP contribution in [-0.4, -0.2) is 30.5 Å². The Labute approximate surface area is 161 Å². The first-order valence-corrected chi connectivity index (χ1v) is 8.93. The van der Waals surface area contributed by atoms with Gasteiger partial charge in [-0.1, -0.05) is 26.0 Å². The summed E-state index contributed by atoms with van der Waals surface area (Å²) in [4.78, 5) is 23.7. The number of benzene rings is 1. The van der Waals surface area contributed by atoms with E-state index in [0.29, 0.717) is 24.1 Å². The van der Waals surface area contributed by atoms with Gasteiger partial charge in [-0.2, -0.15) is 0 Å². The monoisotopic (exact) mass is 383 g/mol. The average Bonchev–Trinajstić information content (AvgIpc) is 3.36. The molecule has 146 valence electrons. The predicted octanol–water partition coefficient (Wildman–Crippen LogP) is 2.32. The molecule has 2 amide bonds. The fraction of sp³-hybridized carbons (Fsp3) is 0.579. The molecule has 1 fully saturated rings. The standard InChI is InChI=1S/C19H29N3O3.ClH/c1-12(2)10-17(20)19(24)21-13(3)14-4-8-16(9-5-14)25-11-18(23)22-15-6-7-15;/h4-5,8-9,12-13,15,17H,6-7,10-11,20H2,1-3H3,(H,21,24)(H,22,23);1H/t13?,17-;/m0./s1. The van der Waals surface area contributed by atoms with Gasteiger partial charge in [-0.15, -0.1) is 12.4 Å². The predicted molar refractivity (Wildman–Crippen MR) is 104 cm³/mol. The molecule has 0 radical (unpaired) electrons. The van der Waals surface area contributed by atoms with Crippen LogP contribution >= 0.6 is 12.4 Å². The van der Waals surface area contributed by atoms with Crippen molar-refractivity contribution in [1.29, 1.82) is 0 Å². The normalized spacial score (nSPS) is 15.6. The Hall–Kier alpha value is -1.79. The summed E-state index contributed by atoms with van der Waals surface area (Å²) in [7, 11) is 0. The van der Waals surface area contributed by atoms with Gasteiger partial charge in [0.25, 0.3) is 5.91 Å². The van der Waals surface area contributed by atoms with E-state index in [-0.39, 0.29) is 36.9 Å². The van der Waals surface area contributed by atoms with Crippen LogP contribution < -0.4 is 21.1 Å². The lowest BCUT2D eigenvalue weighted by atomic mass is 10.0. The van der Waals surface area contributed by atoms with E-state index in [1.165, 1.54) is 0 Å². The fourth-order valence-corrected chi connectivity index (χ4v) is 2.52. The molecule has 7 heteroatoms. The third-order valence-electron chi connectivity index (χ3n) is 4.11. The number of nitrogens with one attached hydrogen (secondary N) is 2. The molecule has 0 saturated heterocycles. The second kappa shape index (κ2) is 10.4. The molecule has 2 atom stereocenters. The lowest BCUT2D eigenvalue weighted by Gasteiger charge is -2.19. The van der Waals surface area contributed by atoms with E-state index in [0.717, 1.165) is 18.4 Å². The molecule has 1 aliphatic carbocycles. The minimum absolute atomic E-state index is 0. The van der Waals surface area contributed by atoms with Crippen molar-refractivity contribution < 1.29 is 14.3 Å². The molecule has 4 N–H and O–H groups in total. The lowest BCUT2D eigenvalue weighted by molar-refractivity contribution is -0.124.